The van der Waals surface area contributed by atoms with Crippen LogP contribution in [0.4, 0.5) is 11.4 Å². The van der Waals surface area contributed by atoms with Gasteiger partial charge in [-0.15, -0.1) is 0 Å². The molecule has 1 aliphatic heterocycles. The molecule has 0 amide bonds. The van der Waals surface area contributed by atoms with Crippen LogP contribution in [0, 0.1) is 16.0 Å². The van der Waals surface area contributed by atoms with Crippen LogP contribution in [-0.2, 0) is 0 Å². The molecule has 2 atom stereocenters. The van der Waals surface area contributed by atoms with Crippen molar-refractivity contribution in [3.05, 3.63) is 28.3 Å². The van der Waals surface area contributed by atoms with Crippen molar-refractivity contribution in [3.63, 3.8) is 0 Å². The van der Waals surface area contributed by atoms with Crippen molar-refractivity contribution in [1.29, 1.82) is 0 Å². The lowest BCUT2D eigenvalue weighted by Gasteiger charge is -2.36. The monoisotopic (exact) mass is 294 g/mol. The molecule has 116 valence electrons. The van der Waals surface area contributed by atoms with Gasteiger partial charge < -0.3 is 14.7 Å². The lowest BCUT2D eigenvalue weighted by atomic mass is 9.96. The Kier molecular flexibility index (Phi) is 5.01. The van der Waals surface area contributed by atoms with Gasteiger partial charge in [0.15, 0.2) is 0 Å². The lowest BCUT2D eigenvalue weighted by Crippen LogP contribution is -2.41. The van der Waals surface area contributed by atoms with Crippen LogP contribution in [0.1, 0.15) is 26.7 Å². The molecule has 0 radical (unpaired) electrons. The number of hydrogen-bond donors (Lipinski definition) is 1. The molecule has 6 nitrogen and oxygen atoms in total. The Morgan fingerprint density at radius 1 is 1.48 bits per heavy atom. The second-order valence-electron chi connectivity index (χ2n) is 5.57. The first-order valence-electron chi connectivity index (χ1n) is 7.36. The number of non-ortho nitro benzene ring substituents is 1. The van der Waals surface area contributed by atoms with E-state index in [9.17, 15) is 15.2 Å². The minimum Gasteiger partial charge on any atom is -0.493 e. The second-order valence-corrected chi connectivity index (χ2v) is 5.57. The van der Waals surface area contributed by atoms with E-state index >= 15 is 0 Å². The molecular formula is C15H22N2O4. The standard InChI is InChI=1S/C15H22N2O4/c1-3-6-21-14-8-12(7-13(9-14)17(19)20)16-5-4-15(18)11(2)10-16/h7-9,11,15,18H,3-6,10H2,1-2H3. The van der Waals surface area contributed by atoms with Crippen molar-refractivity contribution in [2.24, 2.45) is 5.92 Å². The maximum Gasteiger partial charge on any atom is 0.275 e. The van der Waals surface area contributed by atoms with E-state index in [0.717, 1.165) is 12.1 Å². The summed E-state index contributed by atoms with van der Waals surface area (Å²) in [5.41, 5.74) is 0.825. The third-order valence-corrected chi connectivity index (χ3v) is 3.78. The molecule has 1 N–H and O–H groups in total. The molecule has 0 saturated carbocycles. The van der Waals surface area contributed by atoms with Gasteiger partial charge in [-0.2, -0.15) is 0 Å². The Morgan fingerprint density at radius 3 is 2.86 bits per heavy atom. The predicted octanol–water partition coefficient (Wildman–Crippen LogP) is 2.59. The zero-order valence-corrected chi connectivity index (χ0v) is 12.5. The van der Waals surface area contributed by atoms with E-state index in [1.807, 2.05) is 19.9 Å². The normalized spacial score (nSPS) is 22.1. The Labute approximate surface area is 124 Å². The Morgan fingerprint density at radius 2 is 2.24 bits per heavy atom. The molecule has 0 aromatic heterocycles. The third-order valence-electron chi connectivity index (χ3n) is 3.78. The number of nitro benzene ring substituents is 1. The van der Waals surface area contributed by atoms with Crippen molar-refractivity contribution < 1.29 is 14.8 Å². The SMILES string of the molecule is CCCOc1cc(N2CCC(O)C(C)C2)cc([N+](=O)[O-])c1. The van der Waals surface area contributed by atoms with Crippen LogP contribution in [0.2, 0.25) is 0 Å². The van der Waals surface area contributed by atoms with Crippen LogP contribution in [0.3, 0.4) is 0 Å². The number of aliphatic hydroxyl groups is 1. The summed E-state index contributed by atoms with van der Waals surface area (Å²) in [4.78, 5) is 12.7. The van der Waals surface area contributed by atoms with Gasteiger partial charge in [0.25, 0.3) is 5.69 Å². The molecule has 1 aliphatic rings. The molecule has 0 aliphatic carbocycles. The highest BCUT2D eigenvalue weighted by molar-refractivity contribution is 5.58. The van der Waals surface area contributed by atoms with E-state index in [1.165, 1.54) is 6.07 Å². The summed E-state index contributed by atoms with van der Waals surface area (Å²) in [7, 11) is 0. The number of hydrogen-bond acceptors (Lipinski definition) is 5. The minimum absolute atomic E-state index is 0.0392. The summed E-state index contributed by atoms with van der Waals surface area (Å²) >= 11 is 0. The zero-order chi connectivity index (χ0) is 15.4. The van der Waals surface area contributed by atoms with Crippen LogP contribution in [0.25, 0.3) is 0 Å². The molecular weight excluding hydrogens is 272 g/mol. The molecule has 1 aromatic rings. The number of anilines is 1. The van der Waals surface area contributed by atoms with Crippen molar-refractivity contribution in [2.45, 2.75) is 32.8 Å². The largest absolute Gasteiger partial charge is 0.493 e. The summed E-state index contributed by atoms with van der Waals surface area (Å²) < 4.78 is 5.54. The molecule has 21 heavy (non-hydrogen) atoms. The summed E-state index contributed by atoms with van der Waals surface area (Å²) in [6, 6.07) is 4.87. The maximum atomic E-state index is 11.1. The molecule has 1 aromatic carbocycles. The van der Waals surface area contributed by atoms with Gasteiger partial charge in [0.05, 0.1) is 23.7 Å². The molecule has 2 unspecified atom stereocenters. The minimum atomic E-state index is -0.398. The van der Waals surface area contributed by atoms with Crippen LogP contribution in [-0.4, -0.2) is 35.8 Å². The van der Waals surface area contributed by atoms with Gasteiger partial charge in [0, 0.05) is 30.9 Å². The van der Waals surface area contributed by atoms with Gasteiger partial charge in [-0.1, -0.05) is 13.8 Å². The molecule has 1 fully saturated rings. The Balaban J connectivity index is 2.25. The fourth-order valence-electron chi connectivity index (χ4n) is 2.53. The second kappa shape index (κ2) is 6.76. The van der Waals surface area contributed by atoms with Gasteiger partial charge >= 0.3 is 0 Å². The smallest absolute Gasteiger partial charge is 0.275 e. The molecule has 1 saturated heterocycles. The summed E-state index contributed by atoms with van der Waals surface area (Å²) in [6.45, 7) is 5.90. The van der Waals surface area contributed by atoms with Crippen molar-refractivity contribution in [1.82, 2.24) is 0 Å². The van der Waals surface area contributed by atoms with Crippen molar-refractivity contribution in [2.75, 3.05) is 24.6 Å². The molecule has 0 spiro atoms. The Hall–Kier alpha value is -1.82. The number of piperidine rings is 1. The average Bonchev–Trinajstić information content (AvgIpc) is 2.47. The number of nitrogens with zero attached hydrogens (tertiary/aromatic N) is 2. The topological polar surface area (TPSA) is 75.8 Å². The average molecular weight is 294 g/mol. The fraction of sp³-hybridized carbons (Fsp3) is 0.600. The first-order valence-corrected chi connectivity index (χ1v) is 7.36. The number of nitro groups is 1. The summed E-state index contributed by atoms with van der Waals surface area (Å²) in [6.07, 6.45) is 1.23. The highest BCUT2D eigenvalue weighted by Crippen LogP contribution is 2.31. The van der Waals surface area contributed by atoms with E-state index in [0.29, 0.717) is 31.9 Å². The highest BCUT2D eigenvalue weighted by atomic mass is 16.6. The summed E-state index contributed by atoms with van der Waals surface area (Å²) in [5.74, 6) is 0.679. The van der Waals surface area contributed by atoms with Gasteiger partial charge in [-0.3, -0.25) is 10.1 Å². The highest BCUT2D eigenvalue weighted by Gasteiger charge is 2.25. The van der Waals surface area contributed by atoms with Crippen LogP contribution >= 0.6 is 0 Å². The molecule has 1 heterocycles. The fourth-order valence-corrected chi connectivity index (χ4v) is 2.53. The lowest BCUT2D eigenvalue weighted by molar-refractivity contribution is -0.384. The molecule has 0 bridgehead atoms. The van der Waals surface area contributed by atoms with E-state index in [-0.39, 0.29) is 17.7 Å². The van der Waals surface area contributed by atoms with Gasteiger partial charge in [0.2, 0.25) is 0 Å². The number of rotatable bonds is 5. The zero-order valence-electron chi connectivity index (χ0n) is 12.5. The molecule has 2 rings (SSSR count). The van der Waals surface area contributed by atoms with E-state index in [1.54, 1.807) is 6.07 Å². The Bertz CT molecular complexity index is 506. The summed E-state index contributed by atoms with van der Waals surface area (Å²) in [5, 5.41) is 20.9. The number of ether oxygens (including phenoxy) is 1. The first-order chi connectivity index (χ1) is 10.0. The number of benzene rings is 1. The van der Waals surface area contributed by atoms with Crippen LogP contribution < -0.4 is 9.64 Å². The third kappa shape index (κ3) is 3.85. The van der Waals surface area contributed by atoms with Crippen molar-refractivity contribution >= 4 is 11.4 Å². The van der Waals surface area contributed by atoms with Gasteiger partial charge in [-0.05, 0) is 18.8 Å². The van der Waals surface area contributed by atoms with E-state index in [2.05, 4.69) is 4.90 Å². The van der Waals surface area contributed by atoms with Crippen LogP contribution in [0.15, 0.2) is 18.2 Å². The molecule has 6 heteroatoms. The van der Waals surface area contributed by atoms with Gasteiger partial charge in [0.1, 0.15) is 5.75 Å². The quantitative estimate of drug-likeness (QED) is 0.667. The van der Waals surface area contributed by atoms with Crippen LogP contribution in [0.5, 0.6) is 5.75 Å². The van der Waals surface area contributed by atoms with E-state index < -0.39 is 4.92 Å². The maximum absolute atomic E-state index is 11.1. The number of aliphatic hydroxyl groups excluding tert-OH is 1. The predicted molar refractivity (Wildman–Crippen MR) is 80.9 cm³/mol. The van der Waals surface area contributed by atoms with Crippen molar-refractivity contribution in [3.8, 4) is 5.75 Å². The van der Waals surface area contributed by atoms with Gasteiger partial charge in [-0.25, -0.2) is 0 Å². The first kappa shape index (κ1) is 15.6. The van der Waals surface area contributed by atoms with E-state index in [4.69, 9.17) is 4.74 Å².